The number of hydrogen-bond donors (Lipinski definition) is 0. The van der Waals surface area contributed by atoms with Gasteiger partial charge in [0, 0.05) is 10.4 Å². The summed E-state index contributed by atoms with van der Waals surface area (Å²) in [5, 5.41) is 1.76. The molecule has 0 bridgehead atoms. The highest BCUT2D eigenvalue weighted by molar-refractivity contribution is 9.09. The molecule has 0 aliphatic carbocycles. The molecular formula is C9H16BrCl. The van der Waals surface area contributed by atoms with Crippen LogP contribution in [-0.2, 0) is 0 Å². The Morgan fingerprint density at radius 2 is 2.18 bits per heavy atom. The summed E-state index contributed by atoms with van der Waals surface area (Å²) in [7, 11) is 0. The molecule has 0 rings (SSSR count). The van der Waals surface area contributed by atoms with Gasteiger partial charge in [0.25, 0.3) is 0 Å². The summed E-state index contributed by atoms with van der Waals surface area (Å²) in [4.78, 5) is 0. The van der Waals surface area contributed by atoms with E-state index in [1.807, 2.05) is 0 Å². The van der Waals surface area contributed by atoms with Gasteiger partial charge in [0.15, 0.2) is 0 Å². The fraction of sp³-hybridized carbons (Fsp3) is 0.778. The molecule has 0 saturated carbocycles. The van der Waals surface area contributed by atoms with Gasteiger partial charge in [-0.25, -0.2) is 0 Å². The first-order valence-corrected chi connectivity index (χ1v) is 5.43. The number of hydrogen-bond acceptors (Lipinski definition) is 0. The van der Waals surface area contributed by atoms with Crippen LogP contribution in [0.2, 0.25) is 0 Å². The van der Waals surface area contributed by atoms with E-state index in [2.05, 4.69) is 36.4 Å². The van der Waals surface area contributed by atoms with Gasteiger partial charge in [0.05, 0.1) is 0 Å². The lowest BCUT2D eigenvalue weighted by molar-refractivity contribution is 0.345. The maximum absolute atomic E-state index is 5.76. The van der Waals surface area contributed by atoms with Crippen molar-refractivity contribution in [3.8, 4) is 0 Å². The smallest absolute Gasteiger partial charge is 0.0115 e. The molecule has 0 fully saturated rings. The molecule has 0 aromatic rings. The molecule has 0 amide bonds. The van der Waals surface area contributed by atoms with Crippen LogP contribution >= 0.6 is 27.5 Å². The van der Waals surface area contributed by atoms with Crippen LogP contribution in [0.4, 0.5) is 0 Å². The highest BCUT2D eigenvalue weighted by Crippen LogP contribution is 2.33. The SMILES string of the molecule is C=C(Cl)CC(C)(CBr)CCC. The average Bonchev–Trinajstić information content (AvgIpc) is 1.87. The zero-order chi connectivity index (χ0) is 8.91. The molecule has 0 aliphatic heterocycles. The summed E-state index contributed by atoms with van der Waals surface area (Å²) in [5.74, 6) is 0. The fourth-order valence-electron chi connectivity index (χ4n) is 1.27. The van der Waals surface area contributed by atoms with Crippen LogP contribution in [0.1, 0.15) is 33.1 Å². The van der Waals surface area contributed by atoms with E-state index in [0.29, 0.717) is 5.41 Å². The van der Waals surface area contributed by atoms with E-state index in [1.54, 1.807) is 0 Å². The van der Waals surface area contributed by atoms with Crippen LogP contribution in [0.5, 0.6) is 0 Å². The van der Waals surface area contributed by atoms with Crippen molar-refractivity contribution in [1.82, 2.24) is 0 Å². The topological polar surface area (TPSA) is 0 Å². The molecule has 2 heteroatoms. The van der Waals surface area contributed by atoms with Crippen molar-refractivity contribution in [2.75, 3.05) is 5.33 Å². The van der Waals surface area contributed by atoms with E-state index in [0.717, 1.165) is 16.8 Å². The molecule has 0 saturated heterocycles. The van der Waals surface area contributed by atoms with Crippen LogP contribution in [-0.4, -0.2) is 5.33 Å². The third-order valence-electron chi connectivity index (χ3n) is 1.79. The van der Waals surface area contributed by atoms with E-state index in [4.69, 9.17) is 11.6 Å². The Labute approximate surface area is 83.1 Å². The van der Waals surface area contributed by atoms with Crippen molar-refractivity contribution in [3.63, 3.8) is 0 Å². The predicted octanol–water partition coefficient (Wildman–Crippen LogP) is 4.33. The lowest BCUT2D eigenvalue weighted by Crippen LogP contribution is -2.17. The molecule has 0 aliphatic rings. The Kier molecular flexibility index (Phi) is 5.45. The Hall–Kier alpha value is 0.510. The number of allylic oxidation sites excluding steroid dienone is 1. The van der Waals surface area contributed by atoms with Crippen LogP contribution in [0.15, 0.2) is 11.6 Å². The minimum absolute atomic E-state index is 0.299. The van der Waals surface area contributed by atoms with Gasteiger partial charge in [0.2, 0.25) is 0 Å². The standard InChI is InChI=1S/C9H16BrCl/c1-4-5-9(3,7-10)6-8(2)11/h2,4-7H2,1,3H3. The molecule has 1 unspecified atom stereocenters. The minimum Gasteiger partial charge on any atom is -0.0922 e. The highest BCUT2D eigenvalue weighted by Gasteiger charge is 2.21. The van der Waals surface area contributed by atoms with Crippen molar-refractivity contribution in [3.05, 3.63) is 11.6 Å². The van der Waals surface area contributed by atoms with E-state index in [-0.39, 0.29) is 0 Å². The Balaban J connectivity index is 3.98. The first-order chi connectivity index (χ1) is 5.04. The zero-order valence-corrected chi connectivity index (χ0v) is 9.63. The molecule has 0 aromatic carbocycles. The van der Waals surface area contributed by atoms with Crippen LogP contribution in [0, 0.1) is 5.41 Å². The summed E-state index contributed by atoms with van der Waals surface area (Å²) in [6, 6.07) is 0. The summed E-state index contributed by atoms with van der Waals surface area (Å²) < 4.78 is 0. The van der Waals surface area contributed by atoms with Crippen molar-refractivity contribution in [1.29, 1.82) is 0 Å². The predicted molar refractivity (Wildman–Crippen MR) is 56.4 cm³/mol. The first kappa shape index (κ1) is 11.5. The lowest BCUT2D eigenvalue weighted by atomic mass is 9.84. The Bertz CT molecular complexity index is 134. The number of alkyl halides is 1. The minimum atomic E-state index is 0.299. The maximum atomic E-state index is 5.76. The highest BCUT2D eigenvalue weighted by atomic mass is 79.9. The van der Waals surface area contributed by atoms with Crippen LogP contribution in [0.3, 0.4) is 0 Å². The molecule has 0 aromatic heterocycles. The van der Waals surface area contributed by atoms with Gasteiger partial charge in [-0.3, -0.25) is 0 Å². The van der Waals surface area contributed by atoms with Crippen LogP contribution < -0.4 is 0 Å². The molecule has 0 nitrogen and oxygen atoms in total. The normalized spacial score (nSPS) is 16.0. The van der Waals surface area contributed by atoms with Crippen LogP contribution in [0.25, 0.3) is 0 Å². The second-order valence-corrected chi connectivity index (χ2v) is 4.48. The van der Waals surface area contributed by atoms with Gasteiger partial charge in [-0.1, -0.05) is 54.4 Å². The third-order valence-corrected chi connectivity index (χ3v) is 3.28. The Morgan fingerprint density at radius 3 is 2.45 bits per heavy atom. The number of halogens is 2. The van der Waals surface area contributed by atoms with E-state index >= 15 is 0 Å². The van der Waals surface area contributed by atoms with E-state index in [1.165, 1.54) is 12.8 Å². The third kappa shape index (κ3) is 4.86. The quantitative estimate of drug-likeness (QED) is 0.627. The molecule has 0 N–H and O–H groups in total. The largest absolute Gasteiger partial charge is 0.0922 e. The molecule has 66 valence electrons. The van der Waals surface area contributed by atoms with Crippen molar-refractivity contribution >= 4 is 27.5 Å². The molecule has 1 atom stereocenters. The van der Waals surface area contributed by atoms with Gasteiger partial charge >= 0.3 is 0 Å². The van der Waals surface area contributed by atoms with Gasteiger partial charge in [0.1, 0.15) is 0 Å². The lowest BCUT2D eigenvalue weighted by Gasteiger charge is -2.26. The fourth-order valence-corrected chi connectivity index (χ4v) is 2.07. The number of rotatable bonds is 5. The van der Waals surface area contributed by atoms with E-state index < -0.39 is 0 Å². The van der Waals surface area contributed by atoms with Gasteiger partial charge in [-0.15, -0.1) is 0 Å². The first-order valence-electron chi connectivity index (χ1n) is 3.93. The molecule has 0 heterocycles. The summed E-state index contributed by atoms with van der Waals surface area (Å²) >= 11 is 9.26. The maximum Gasteiger partial charge on any atom is 0.0115 e. The molecule has 11 heavy (non-hydrogen) atoms. The summed E-state index contributed by atoms with van der Waals surface area (Å²) in [6.07, 6.45) is 3.31. The molecule has 0 spiro atoms. The summed E-state index contributed by atoms with van der Waals surface area (Å²) in [6.45, 7) is 8.14. The van der Waals surface area contributed by atoms with Crippen molar-refractivity contribution in [2.45, 2.75) is 33.1 Å². The van der Waals surface area contributed by atoms with Gasteiger partial charge in [-0.05, 0) is 18.3 Å². The monoisotopic (exact) mass is 238 g/mol. The molecular weight excluding hydrogens is 223 g/mol. The second-order valence-electron chi connectivity index (χ2n) is 3.39. The van der Waals surface area contributed by atoms with Crippen molar-refractivity contribution in [2.24, 2.45) is 5.41 Å². The second kappa shape index (κ2) is 5.21. The molecule has 0 radical (unpaired) electrons. The van der Waals surface area contributed by atoms with E-state index in [9.17, 15) is 0 Å². The Morgan fingerprint density at radius 1 is 1.64 bits per heavy atom. The van der Waals surface area contributed by atoms with Gasteiger partial charge in [-0.2, -0.15) is 0 Å². The van der Waals surface area contributed by atoms with Crippen molar-refractivity contribution < 1.29 is 0 Å². The average molecular weight is 240 g/mol. The zero-order valence-electron chi connectivity index (χ0n) is 7.29. The van der Waals surface area contributed by atoms with Gasteiger partial charge < -0.3 is 0 Å². The summed E-state index contributed by atoms with van der Waals surface area (Å²) in [5.41, 5.74) is 0.299.